The quantitative estimate of drug-likeness (QED) is 0.675. The molecule has 0 aromatic heterocycles. The molecule has 0 aliphatic rings. The maximum absolute atomic E-state index is 8.63. The minimum atomic E-state index is -1.72. The monoisotopic (exact) mass is 170 g/mol. The Hall–Kier alpha value is -0.430. The Labute approximate surface area is 67.4 Å². The van der Waals surface area contributed by atoms with Gasteiger partial charge in [0.25, 0.3) is 0 Å². The molecule has 3 heteroatoms. The smallest absolute Gasteiger partial charge is 0.165 e. The largest absolute Gasteiger partial charge is 0.350 e. The van der Waals surface area contributed by atoms with Crippen molar-refractivity contribution in [2.75, 3.05) is 6.16 Å². The Kier molecular flexibility index (Phi) is 3.50. The van der Waals surface area contributed by atoms with E-state index in [2.05, 4.69) is 0 Å². The fraction of sp³-hybridized carbons (Fsp3) is 0.250. The predicted molar refractivity (Wildman–Crippen MR) is 46.4 cm³/mol. The summed E-state index contributed by atoms with van der Waals surface area (Å²) in [5.41, 5.74) is 1.16. The van der Waals surface area contributed by atoms with Gasteiger partial charge in [0.05, 0.1) is 0 Å². The third-order valence-corrected chi connectivity index (χ3v) is 2.07. The number of aryl methyl sites for hydroxylation is 1. The summed E-state index contributed by atoms with van der Waals surface area (Å²) in [5.74, 6) is 0. The summed E-state index contributed by atoms with van der Waals surface area (Å²) >= 11 is 0. The molecule has 2 nitrogen and oxygen atoms in total. The third-order valence-electron chi connectivity index (χ3n) is 1.44. The van der Waals surface area contributed by atoms with Crippen molar-refractivity contribution in [2.45, 2.75) is 6.42 Å². The van der Waals surface area contributed by atoms with Crippen LogP contribution in [0.25, 0.3) is 0 Å². The minimum Gasteiger partial charge on any atom is -0.350 e. The molecule has 0 aliphatic carbocycles. The highest BCUT2D eigenvalue weighted by atomic mass is 31.2. The van der Waals surface area contributed by atoms with Crippen molar-refractivity contribution < 1.29 is 9.79 Å². The van der Waals surface area contributed by atoms with Gasteiger partial charge < -0.3 is 9.79 Å². The van der Waals surface area contributed by atoms with Crippen LogP contribution in [-0.2, 0) is 6.42 Å². The normalized spacial score (nSPS) is 10.5. The van der Waals surface area contributed by atoms with E-state index < -0.39 is 8.38 Å². The van der Waals surface area contributed by atoms with Crippen LogP contribution in [0.4, 0.5) is 0 Å². The van der Waals surface area contributed by atoms with Crippen LogP contribution in [0, 0.1) is 0 Å². The van der Waals surface area contributed by atoms with Gasteiger partial charge in [0, 0.05) is 6.16 Å². The summed E-state index contributed by atoms with van der Waals surface area (Å²) in [6.45, 7) is 0. The molecular formula is C8H11O2P. The average Bonchev–Trinajstić information content (AvgIpc) is 2.03. The molecule has 11 heavy (non-hydrogen) atoms. The first kappa shape index (κ1) is 8.66. The van der Waals surface area contributed by atoms with Gasteiger partial charge in [-0.05, 0) is 12.0 Å². The Morgan fingerprint density at radius 2 is 1.73 bits per heavy atom. The maximum Gasteiger partial charge on any atom is 0.165 e. The number of hydrogen-bond donors (Lipinski definition) is 2. The zero-order valence-electron chi connectivity index (χ0n) is 6.14. The molecule has 0 unspecified atom stereocenters. The van der Waals surface area contributed by atoms with E-state index in [9.17, 15) is 0 Å². The predicted octanol–water partition coefficient (Wildman–Crippen LogP) is 1.53. The minimum absolute atomic E-state index is 0.472. The maximum atomic E-state index is 8.63. The SMILES string of the molecule is OP(O)CCc1ccccc1. The van der Waals surface area contributed by atoms with Crippen LogP contribution < -0.4 is 0 Å². The van der Waals surface area contributed by atoms with Crippen molar-refractivity contribution in [3.05, 3.63) is 35.9 Å². The zero-order chi connectivity index (χ0) is 8.10. The lowest BCUT2D eigenvalue weighted by Crippen LogP contribution is -1.89. The van der Waals surface area contributed by atoms with E-state index in [-0.39, 0.29) is 0 Å². The Morgan fingerprint density at radius 1 is 1.09 bits per heavy atom. The molecule has 0 spiro atoms. The third kappa shape index (κ3) is 3.47. The van der Waals surface area contributed by atoms with Crippen LogP contribution in [-0.4, -0.2) is 15.9 Å². The Morgan fingerprint density at radius 3 is 2.27 bits per heavy atom. The van der Waals surface area contributed by atoms with E-state index in [1.807, 2.05) is 30.3 Å². The molecular weight excluding hydrogens is 159 g/mol. The average molecular weight is 170 g/mol. The van der Waals surface area contributed by atoms with Gasteiger partial charge in [0.15, 0.2) is 8.38 Å². The summed E-state index contributed by atoms with van der Waals surface area (Å²) in [4.78, 5) is 17.3. The van der Waals surface area contributed by atoms with Crippen LogP contribution in [0.1, 0.15) is 5.56 Å². The molecule has 0 saturated carbocycles. The number of hydrogen-bond acceptors (Lipinski definition) is 2. The van der Waals surface area contributed by atoms with Crippen LogP contribution in [0.3, 0.4) is 0 Å². The Balaban J connectivity index is 2.39. The molecule has 0 heterocycles. The van der Waals surface area contributed by atoms with Crippen molar-refractivity contribution in [3.8, 4) is 0 Å². The van der Waals surface area contributed by atoms with Crippen molar-refractivity contribution in [2.24, 2.45) is 0 Å². The lowest BCUT2D eigenvalue weighted by molar-refractivity contribution is 0.482. The summed E-state index contributed by atoms with van der Waals surface area (Å²) < 4.78 is 0. The first-order valence-corrected chi connectivity index (χ1v) is 4.91. The van der Waals surface area contributed by atoms with Gasteiger partial charge in [-0.1, -0.05) is 30.3 Å². The molecule has 0 fully saturated rings. The zero-order valence-corrected chi connectivity index (χ0v) is 7.04. The van der Waals surface area contributed by atoms with Gasteiger partial charge in [0.2, 0.25) is 0 Å². The van der Waals surface area contributed by atoms with Crippen LogP contribution in [0.15, 0.2) is 30.3 Å². The fourth-order valence-corrected chi connectivity index (χ4v) is 1.33. The van der Waals surface area contributed by atoms with Gasteiger partial charge in [-0.2, -0.15) is 0 Å². The molecule has 0 aliphatic heterocycles. The van der Waals surface area contributed by atoms with E-state index in [1.165, 1.54) is 0 Å². The lowest BCUT2D eigenvalue weighted by atomic mass is 10.2. The van der Waals surface area contributed by atoms with Crippen LogP contribution in [0.5, 0.6) is 0 Å². The van der Waals surface area contributed by atoms with Crippen molar-refractivity contribution in [1.29, 1.82) is 0 Å². The molecule has 1 rings (SSSR count). The summed E-state index contributed by atoms with van der Waals surface area (Å²) in [5, 5.41) is 0. The Bertz CT molecular complexity index is 199. The highest BCUT2D eigenvalue weighted by Crippen LogP contribution is 2.23. The molecule has 0 atom stereocenters. The molecule has 2 N–H and O–H groups in total. The molecule has 0 amide bonds. The van der Waals surface area contributed by atoms with Crippen molar-refractivity contribution >= 4 is 8.38 Å². The topological polar surface area (TPSA) is 40.5 Å². The second-order valence-corrected chi connectivity index (χ2v) is 3.52. The highest BCUT2D eigenvalue weighted by Gasteiger charge is 1.98. The van der Waals surface area contributed by atoms with Gasteiger partial charge in [-0.15, -0.1) is 0 Å². The molecule has 60 valence electrons. The van der Waals surface area contributed by atoms with E-state index in [0.29, 0.717) is 6.16 Å². The van der Waals surface area contributed by atoms with Gasteiger partial charge in [-0.25, -0.2) is 0 Å². The van der Waals surface area contributed by atoms with Crippen LogP contribution in [0.2, 0.25) is 0 Å². The summed E-state index contributed by atoms with van der Waals surface area (Å²) in [6, 6.07) is 9.82. The first-order chi connectivity index (χ1) is 5.29. The van der Waals surface area contributed by atoms with Crippen LogP contribution >= 0.6 is 8.38 Å². The summed E-state index contributed by atoms with van der Waals surface area (Å²) in [7, 11) is -1.72. The number of rotatable bonds is 3. The molecule has 0 saturated heterocycles. The molecule has 0 radical (unpaired) electrons. The van der Waals surface area contributed by atoms with Gasteiger partial charge in [0.1, 0.15) is 0 Å². The summed E-state index contributed by atoms with van der Waals surface area (Å²) in [6.07, 6.45) is 1.22. The lowest BCUT2D eigenvalue weighted by Gasteiger charge is -2.01. The van der Waals surface area contributed by atoms with Crippen molar-refractivity contribution in [3.63, 3.8) is 0 Å². The van der Waals surface area contributed by atoms with Gasteiger partial charge in [-0.3, -0.25) is 0 Å². The second kappa shape index (κ2) is 4.45. The fourth-order valence-electron chi connectivity index (χ4n) is 0.874. The standard InChI is InChI=1S/C8H11O2P/c9-11(10)7-6-8-4-2-1-3-5-8/h1-5,9-10H,6-7H2. The number of benzene rings is 1. The molecule has 1 aromatic rings. The van der Waals surface area contributed by atoms with E-state index in [1.54, 1.807) is 0 Å². The second-order valence-electron chi connectivity index (χ2n) is 2.33. The van der Waals surface area contributed by atoms with Crippen molar-refractivity contribution in [1.82, 2.24) is 0 Å². The van der Waals surface area contributed by atoms with E-state index in [0.717, 1.165) is 12.0 Å². The molecule has 1 aromatic carbocycles. The molecule has 0 bridgehead atoms. The van der Waals surface area contributed by atoms with E-state index >= 15 is 0 Å². The van der Waals surface area contributed by atoms with E-state index in [4.69, 9.17) is 9.79 Å². The van der Waals surface area contributed by atoms with Gasteiger partial charge >= 0.3 is 0 Å². The highest BCUT2D eigenvalue weighted by molar-refractivity contribution is 7.45. The first-order valence-electron chi connectivity index (χ1n) is 3.48.